The van der Waals surface area contributed by atoms with Crippen molar-refractivity contribution in [2.45, 2.75) is 46.1 Å². The number of carbonyl (C=O) groups excluding carboxylic acids is 1. The van der Waals surface area contributed by atoms with Crippen LogP contribution in [0.2, 0.25) is 0 Å². The summed E-state index contributed by atoms with van der Waals surface area (Å²) < 4.78 is 4.94. The summed E-state index contributed by atoms with van der Waals surface area (Å²) in [5, 5.41) is 11.7. The smallest absolute Gasteiger partial charge is 0.407 e. The second-order valence-corrected chi connectivity index (χ2v) is 4.14. The Bertz CT molecular complexity index is 171. The number of unbranched alkanes of at least 4 members (excludes halogenated alkanes) is 1. The molecule has 0 bridgehead atoms. The highest BCUT2D eigenvalue weighted by Gasteiger charge is 2.13. The molecule has 0 aromatic rings. The van der Waals surface area contributed by atoms with Crippen LogP contribution < -0.4 is 5.32 Å². The van der Waals surface area contributed by atoms with E-state index in [2.05, 4.69) is 5.32 Å². The first-order valence-electron chi connectivity index (χ1n) is 5.64. The van der Waals surface area contributed by atoms with Gasteiger partial charge < -0.3 is 15.2 Å². The van der Waals surface area contributed by atoms with Crippen molar-refractivity contribution < 1.29 is 14.6 Å². The Hall–Kier alpha value is -0.770. The minimum absolute atomic E-state index is 0.0406. The Morgan fingerprint density at radius 2 is 2.13 bits per heavy atom. The molecule has 0 fully saturated rings. The molecule has 4 nitrogen and oxygen atoms in total. The van der Waals surface area contributed by atoms with Crippen LogP contribution >= 0.6 is 0 Å². The highest BCUT2D eigenvalue weighted by molar-refractivity contribution is 5.67. The standard InChI is InChI=1S/C11H23NO3/c1-4-5-6-15-11(14)12-10(8-13)7-9(2)3/h9-10,13H,4-8H2,1-3H3,(H,12,14)/t10-/m0/s1. The zero-order chi connectivity index (χ0) is 11.7. The molecule has 90 valence electrons. The van der Waals surface area contributed by atoms with E-state index < -0.39 is 6.09 Å². The Balaban J connectivity index is 3.70. The number of aliphatic hydroxyl groups is 1. The Labute approximate surface area is 92.0 Å². The molecule has 0 aliphatic heterocycles. The van der Waals surface area contributed by atoms with Crippen molar-refractivity contribution in [3.63, 3.8) is 0 Å². The van der Waals surface area contributed by atoms with Crippen LogP contribution in [0.1, 0.15) is 40.0 Å². The van der Waals surface area contributed by atoms with E-state index in [1.54, 1.807) is 0 Å². The summed E-state index contributed by atoms with van der Waals surface area (Å²) in [5.74, 6) is 0.443. The number of carbonyl (C=O) groups is 1. The van der Waals surface area contributed by atoms with E-state index in [1.807, 2.05) is 20.8 Å². The van der Waals surface area contributed by atoms with Crippen LogP contribution in [-0.4, -0.2) is 30.5 Å². The molecule has 1 amide bonds. The van der Waals surface area contributed by atoms with Crippen LogP contribution in [0.15, 0.2) is 0 Å². The van der Waals surface area contributed by atoms with Crippen molar-refractivity contribution in [3.8, 4) is 0 Å². The number of rotatable bonds is 7. The summed E-state index contributed by atoms with van der Waals surface area (Å²) >= 11 is 0. The van der Waals surface area contributed by atoms with Gasteiger partial charge in [-0.3, -0.25) is 0 Å². The Morgan fingerprint density at radius 1 is 1.47 bits per heavy atom. The molecule has 0 rings (SSSR count). The van der Waals surface area contributed by atoms with Gasteiger partial charge in [0.15, 0.2) is 0 Å². The highest BCUT2D eigenvalue weighted by atomic mass is 16.5. The Morgan fingerprint density at radius 3 is 2.60 bits per heavy atom. The quantitative estimate of drug-likeness (QED) is 0.640. The molecule has 0 aliphatic rings. The monoisotopic (exact) mass is 217 g/mol. The lowest BCUT2D eigenvalue weighted by molar-refractivity contribution is 0.131. The molecule has 0 saturated heterocycles. The molecule has 1 atom stereocenters. The molecular formula is C11H23NO3. The first kappa shape index (κ1) is 14.2. The van der Waals surface area contributed by atoms with Gasteiger partial charge in [-0.25, -0.2) is 4.79 Å². The summed E-state index contributed by atoms with van der Waals surface area (Å²) in [6.07, 6.45) is 2.21. The third-order valence-corrected chi connectivity index (χ3v) is 2.03. The lowest BCUT2D eigenvalue weighted by Crippen LogP contribution is -2.38. The summed E-state index contributed by atoms with van der Waals surface area (Å²) in [6, 6.07) is -0.195. The normalized spacial score (nSPS) is 12.6. The van der Waals surface area contributed by atoms with Gasteiger partial charge in [0, 0.05) is 0 Å². The number of amides is 1. The molecule has 2 N–H and O–H groups in total. The second kappa shape index (κ2) is 8.53. The summed E-state index contributed by atoms with van der Waals surface area (Å²) in [5.41, 5.74) is 0. The van der Waals surface area contributed by atoms with Crippen molar-refractivity contribution >= 4 is 6.09 Å². The SMILES string of the molecule is CCCCOC(=O)N[C@H](CO)CC(C)C. The van der Waals surface area contributed by atoms with Crippen molar-refractivity contribution in [1.29, 1.82) is 0 Å². The average Bonchev–Trinajstić information content (AvgIpc) is 2.16. The van der Waals surface area contributed by atoms with E-state index in [4.69, 9.17) is 9.84 Å². The predicted octanol–water partition coefficient (Wildman–Crippen LogP) is 1.92. The van der Waals surface area contributed by atoms with Crippen molar-refractivity contribution in [2.24, 2.45) is 5.92 Å². The number of hydrogen-bond acceptors (Lipinski definition) is 3. The maximum Gasteiger partial charge on any atom is 0.407 e. The van der Waals surface area contributed by atoms with Crippen LogP contribution in [0.3, 0.4) is 0 Å². The lowest BCUT2D eigenvalue weighted by Gasteiger charge is -2.17. The molecule has 0 saturated carbocycles. The molecule has 4 heteroatoms. The van der Waals surface area contributed by atoms with Gasteiger partial charge in [-0.05, 0) is 18.8 Å². The number of ether oxygens (including phenoxy) is 1. The van der Waals surface area contributed by atoms with E-state index >= 15 is 0 Å². The summed E-state index contributed by atoms with van der Waals surface area (Å²) in [4.78, 5) is 11.2. The van der Waals surface area contributed by atoms with E-state index in [0.29, 0.717) is 12.5 Å². The Kier molecular flexibility index (Phi) is 8.09. The highest BCUT2D eigenvalue weighted by Crippen LogP contribution is 2.04. The van der Waals surface area contributed by atoms with Gasteiger partial charge in [-0.2, -0.15) is 0 Å². The topological polar surface area (TPSA) is 58.6 Å². The largest absolute Gasteiger partial charge is 0.450 e. The molecule has 0 radical (unpaired) electrons. The van der Waals surface area contributed by atoms with Gasteiger partial charge in [0.05, 0.1) is 19.3 Å². The first-order chi connectivity index (χ1) is 7.10. The molecule has 0 aromatic carbocycles. The zero-order valence-corrected chi connectivity index (χ0v) is 9.95. The van der Waals surface area contributed by atoms with Gasteiger partial charge >= 0.3 is 6.09 Å². The number of hydrogen-bond donors (Lipinski definition) is 2. The van der Waals surface area contributed by atoms with E-state index in [9.17, 15) is 4.79 Å². The molecule has 15 heavy (non-hydrogen) atoms. The summed E-state index contributed by atoms with van der Waals surface area (Å²) in [6.45, 7) is 6.54. The van der Waals surface area contributed by atoms with Gasteiger partial charge in [0.1, 0.15) is 0 Å². The first-order valence-corrected chi connectivity index (χ1v) is 5.64. The maximum atomic E-state index is 11.2. The molecule has 0 aliphatic carbocycles. The van der Waals surface area contributed by atoms with E-state index in [1.165, 1.54) is 0 Å². The van der Waals surface area contributed by atoms with Crippen molar-refractivity contribution in [3.05, 3.63) is 0 Å². The molecule has 0 unspecified atom stereocenters. The molecule has 0 heterocycles. The van der Waals surface area contributed by atoms with Gasteiger partial charge in [-0.15, -0.1) is 0 Å². The van der Waals surface area contributed by atoms with Crippen molar-refractivity contribution in [1.82, 2.24) is 5.32 Å². The van der Waals surface area contributed by atoms with Crippen LogP contribution in [0, 0.1) is 5.92 Å². The fourth-order valence-corrected chi connectivity index (χ4v) is 1.27. The van der Waals surface area contributed by atoms with Gasteiger partial charge in [0.25, 0.3) is 0 Å². The van der Waals surface area contributed by atoms with E-state index in [0.717, 1.165) is 19.3 Å². The second-order valence-electron chi connectivity index (χ2n) is 4.14. The van der Waals surface area contributed by atoms with Gasteiger partial charge in [-0.1, -0.05) is 27.2 Å². The zero-order valence-electron chi connectivity index (χ0n) is 9.95. The predicted molar refractivity (Wildman–Crippen MR) is 59.7 cm³/mol. The van der Waals surface area contributed by atoms with Crippen LogP contribution in [0.5, 0.6) is 0 Å². The lowest BCUT2D eigenvalue weighted by atomic mass is 10.0. The minimum atomic E-state index is -0.428. The number of alkyl carbamates (subject to hydrolysis) is 1. The van der Waals surface area contributed by atoms with Crippen LogP contribution in [0.4, 0.5) is 4.79 Å². The third-order valence-electron chi connectivity index (χ3n) is 2.03. The van der Waals surface area contributed by atoms with Gasteiger partial charge in [0.2, 0.25) is 0 Å². The third kappa shape index (κ3) is 8.24. The summed E-state index contributed by atoms with van der Waals surface area (Å²) in [7, 11) is 0. The number of aliphatic hydroxyl groups excluding tert-OH is 1. The fraction of sp³-hybridized carbons (Fsp3) is 0.909. The number of nitrogens with one attached hydrogen (secondary N) is 1. The average molecular weight is 217 g/mol. The molecule has 0 aromatic heterocycles. The molecule has 0 spiro atoms. The maximum absolute atomic E-state index is 11.2. The fourth-order valence-electron chi connectivity index (χ4n) is 1.27. The van der Waals surface area contributed by atoms with Crippen LogP contribution in [-0.2, 0) is 4.74 Å². The van der Waals surface area contributed by atoms with Crippen molar-refractivity contribution in [2.75, 3.05) is 13.2 Å². The molecular weight excluding hydrogens is 194 g/mol. The minimum Gasteiger partial charge on any atom is -0.450 e. The van der Waals surface area contributed by atoms with Crippen LogP contribution in [0.25, 0.3) is 0 Å². The van der Waals surface area contributed by atoms with E-state index in [-0.39, 0.29) is 12.6 Å².